The van der Waals surface area contributed by atoms with Gasteiger partial charge in [0.15, 0.2) is 0 Å². The van der Waals surface area contributed by atoms with Gasteiger partial charge in [0.05, 0.1) is 13.5 Å². The molecule has 0 heterocycles. The number of halogens is 1. The summed E-state index contributed by atoms with van der Waals surface area (Å²) in [5.41, 5.74) is 5.86. The zero-order valence-electron chi connectivity index (χ0n) is 20.5. The van der Waals surface area contributed by atoms with E-state index in [9.17, 15) is 14.3 Å². The van der Waals surface area contributed by atoms with Crippen molar-refractivity contribution >= 4 is 5.97 Å². The average molecular weight is 477 g/mol. The van der Waals surface area contributed by atoms with Crippen molar-refractivity contribution in [1.29, 1.82) is 0 Å². The van der Waals surface area contributed by atoms with Crippen LogP contribution in [0.3, 0.4) is 0 Å². The molecule has 1 atom stereocenters. The van der Waals surface area contributed by atoms with Crippen LogP contribution < -0.4 is 9.47 Å². The van der Waals surface area contributed by atoms with Crippen molar-refractivity contribution in [2.24, 2.45) is 0 Å². The molecule has 0 aliphatic heterocycles. The van der Waals surface area contributed by atoms with Crippen LogP contribution in [0, 0.1) is 5.82 Å². The molecule has 35 heavy (non-hydrogen) atoms. The first-order valence-corrected chi connectivity index (χ1v) is 12.4. The molecule has 0 amide bonds. The SMILES string of the molecule is CCCCCc1cc(COc2ccc3c(c2)[C@@H](CC(=O)O)CC3)ccc1-c1cc(OC)ccc1F. The minimum absolute atomic E-state index is 0.0493. The van der Waals surface area contributed by atoms with E-state index < -0.39 is 5.97 Å². The Labute approximate surface area is 206 Å². The van der Waals surface area contributed by atoms with E-state index >= 15 is 0 Å². The maximum atomic E-state index is 14.7. The Morgan fingerprint density at radius 2 is 1.86 bits per heavy atom. The summed E-state index contributed by atoms with van der Waals surface area (Å²) in [6, 6.07) is 16.9. The lowest BCUT2D eigenvalue weighted by atomic mass is 9.93. The predicted octanol–water partition coefficient (Wildman–Crippen LogP) is 7.32. The van der Waals surface area contributed by atoms with Gasteiger partial charge in [-0.15, -0.1) is 0 Å². The van der Waals surface area contributed by atoms with Gasteiger partial charge in [0.1, 0.15) is 23.9 Å². The molecule has 4 nitrogen and oxygen atoms in total. The summed E-state index contributed by atoms with van der Waals surface area (Å²) >= 11 is 0. The number of benzene rings is 3. The van der Waals surface area contributed by atoms with Crippen LogP contribution in [0.4, 0.5) is 4.39 Å². The molecule has 184 valence electrons. The van der Waals surface area contributed by atoms with Crippen LogP contribution in [0.15, 0.2) is 54.6 Å². The highest BCUT2D eigenvalue weighted by molar-refractivity contribution is 5.70. The second kappa shape index (κ2) is 11.4. The van der Waals surface area contributed by atoms with Gasteiger partial charge in [-0.05, 0) is 89.8 Å². The second-order valence-corrected chi connectivity index (χ2v) is 9.28. The summed E-state index contributed by atoms with van der Waals surface area (Å²) in [5, 5.41) is 9.21. The fourth-order valence-electron chi connectivity index (χ4n) is 4.95. The maximum Gasteiger partial charge on any atom is 0.303 e. The Morgan fingerprint density at radius 1 is 1.03 bits per heavy atom. The molecule has 1 aliphatic carbocycles. The van der Waals surface area contributed by atoms with Gasteiger partial charge in [-0.3, -0.25) is 4.79 Å². The molecule has 0 unspecified atom stereocenters. The smallest absolute Gasteiger partial charge is 0.303 e. The Bertz CT molecular complexity index is 1190. The molecule has 3 aromatic carbocycles. The average Bonchev–Trinajstić information content (AvgIpc) is 3.25. The normalized spacial score (nSPS) is 14.5. The number of hydrogen-bond donors (Lipinski definition) is 1. The first kappa shape index (κ1) is 24.8. The van der Waals surface area contributed by atoms with Gasteiger partial charge < -0.3 is 14.6 Å². The third-order valence-electron chi connectivity index (χ3n) is 6.83. The number of carbonyl (C=O) groups is 1. The third-order valence-corrected chi connectivity index (χ3v) is 6.83. The van der Waals surface area contributed by atoms with Crippen LogP contribution in [0.5, 0.6) is 11.5 Å². The molecule has 3 aromatic rings. The van der Waals surface area contributed by atoms with Crippen molar-refractivity contribution in [3.63, 3.8) is 0 Å². The monoisotopic (exact) mass is 476 g/mol. The van der Waals surface area contributed by atoms with Gasteiger partial charge in [0.2, 0.25) is 0 Å². The summed E-state index contributed by atoms with van der Waals surface area (Å²) in [4.78, 5) is 11.2. The number of ether oxygens (including phenoxy) is 2. The topological polar surface area (TPSA) is 55.8 Å². The molecule has 5 heteroatoms. The molecule has 1 aliphatic rings. The van der Waals surface area contributed by atoms with E-state index in [1.807, 2.05) is 24.3 Å². The number of rotatable bonds is 11. The first-order chi connectivity index (χ1) is 17.0. The van der Waals surface area contributed by atoms with E-state index in [2.05, 4.69) is 19.1 Å². The minimum Gasteiger partial charge on any atom is -0.497 e. The van der Waals surface area contributed by atoms with Gasteiger partial charge in [-0.2, -0.15) is 0 Å². The number of aryl methyl sites for hydroxylation is 2. The van der Waals surface area contributed by atoms with Crippen molar-refractivity contribution in [3.8, 4) is 22.6 Å². The molecule has 0 aromatic heterocycles. The lowest BCUT2D eigenvalue weighted by Gasteiger charge is -2.15. The molecule has 0 bridgehead atoms. The first-order valence-electron chi connectivity index (χ1n) is 12.4. The number of hydrogen-bond acceptors (Lipinski definition) is 3. The molecule has 1 N–H and O–H groups in total. The largest absolute Gasteiger partial charge is 0.497 e. The maximum absolute atomic E-state index is 14.7. The summed E-state index contributed by atoms with van der Waals surface area (Å²) in [6.45, 7) is 2.56. The van der Waals surface area contributed by atoms with E-state index in [0.717, 1.165) is 66.5 Å². The van der Waals surface area contributed by atoms with Crippen LogP contribution in [0.1, 0.15) is 67.2 Å². The van der Waals surface area contributed by atoms with Crippen LogP contribution in [0.2, 0.25) is 0 Å². The zero-order chi connectivity index (χ0) is 24.8. The van der Waals surface area contributed by atoms with Gasteiger partial charge in [-0.25, -0.2) is 4.39 Å². The van der Waals surface area contributed by atoms with Crippen molar-refractivity contribution in [3.05, 3.63) is 82.7 Å². The van der Waals surface area contributed by atoms with Gasteiger partial charge in [-0.1, -0.05) is 44.0 Å². The lowest BCUT2D eigenvalue weighted by molar-refractivity contribution is -0.137. The molecule has 0 radical (unpaired) electrons. The van der Waals surface area contributed by atoms with Crippen LogP contribution >= 0.6 is 0 Å². The van der Waals surface area contributed by atoms with Crippen molar-refractivity contribution in [2.45, 2.75) is 64.4 Å². The lowest BCUT2D eigenvalue weighted by Crippen LogP contribution is -2.04. The van der Waals surface area contributed by atoms with Gasteiger partial charge in [0, 0.05) is 5.56 Å². The molecule has 0 fully saturated rings. The quantitative estimate of drug-likeness (QED) is 0.295. The highest BCUT2D eigenvalue weighted by Crippen LogP contribution is 2.38. The molecule has 0 saturated heterocycles. The highest BCUT2D eigenvalue weighted by Gasteiger charge is 2.25. The third kappa shape index (κ3) is 6.02. The number of carboxylic acids is 1. The Balaban J connectivity index is 1.55. The van der Waals surface area contributed by atoms with E-state index in [1.165, 1.54) is 11.6 Å². The van der Waals surface area contributed by atoms with E-state index in [1.54, 1.807) is 19.2 Å². The molecule has 4 rings (SSSR count). The molecular weight excluding hydrogens is 443 g/mol. The predicted molar refractivity (Wildman–Crippen MR) is 136 cm³/mol. The minimum atomic E-state index is -0.766. The van der Waals surface area contributed by atoms with E-state index in [-0.39, 0.29) is 18.2 Å². The van der Waals surface area contributed by atoms with E-state index in [0.29, 0.717) is 17.9 Å². The number of carboxylic acid groups (broad SMARTS) is 1. The molecule has 0 saturated carbocycles. The fraction of sp³-hybridized carbons (Fsp3) is 0.367. The van der Waals surface area contributed by atoms with Crippen molar-refractivity contribution < 1.29 is 23.8 Å². The number of fused-ring (bicyclic) bond motifs is 1. The number of aliphatic carboxylic acids is 1. The van der Waals surface area contributed by atoms with Crippen molar-refractivity contribution in [1.82, 2.24) is 0 Å². The standard InChI is InChI=1S/C30H33FO4/c1-3-4-5-6-22-15-20(7-13-26(22)28-17-24(34-2)12-14-29(28)31)19-35-25-11-10-21-8-9-23(16-30(32)33)27(21)18-25/h7,10-15,17-18,23H,3-6,8-9,16,19H2,1-2H3,(H,32,33)/t23-/m1/s1. The summed E-state index contributed by atoms with van der Waals surface area (Å²) in [6.07, 6.45) is 6.07. The van der Waals surface area contributed by atoms with E-state index in [4.69, 9.17) is 9.47 Å². The Kier molecular flexibility index (Phi) is 8.06. The number of methoxy groups -OCH3 is 1. The summed E-state index contributed by atoms with van der Waals surface area (Å²) in [7, 11) is 1.59. The van der Waals surface area contributed by atoms with Crippen molar-refractivity contribution in [2.75, 3.05) is 7.11 Å². The second-order valence-electron chi connectivity index (χ2n) is 9.28. The summed E-state index contributed by atoms with van der Waals surface area (Å²) < 4.78 is 26.2. The Hall–Kier alpha value is -3.34. The molecular formula is C30H33FO4. The van der Waals surface area contributed by atoms with Crippen LogP contribution in [-0.2, 0) is 24.2 Å². The van der Waals surface area contributed by atoms with Gasteiger partial charge >= 0.3 is 5.97 Å². The van der Waals surface area contributed by atoms with Gasteiger partial charge in [0.25, 0.3) is 0 Å². The van der Waals surface area contributed by atoms with Crippen LogP contribution in [-0.4, -0.2) is 18.2 Å². The summed E-state index contributed by atoms with van der Waals surface area (Å²) in [5.74, 6) is 0.397. The Morgan fingerprint density at radius 3 is 2.63 bits per heavy atom. The fourth-order valence-corrected chi connectivity index (χ4v) is 4.95. The van der Waals surface area contributed by atoms with Crippen LogP contribution in [0.25, 0.3) is 11.1 Å². The number of unbranched alkanes of at least 4 members (excludes halogenated alkanes) is 2. The highest BCUT2D eigenvalue weighted by atomic mass is 19.1. The zero-order valence-corrected chi connectivity index (χ0v) is 20.5. The molecule has 0 spiro atoms.